The minimum absolute atomic E-state index is 0.550. The van der Waals surface area contributed by atoms with Gasteiger partial charge in [0.2, 0.25) is 5.82 Å². The molecule has 0 saturated carbocycles. The van der Waals surface area contributed by atoms with Gasteiger partial charge in [0.15, 0.2) is 0 Å². The summed E-state index contributed by atoms with van der Waals surface area (Å²) < 4.78 is 0. The van der Waals surface area contributed by atoms with Gasteiger partial charge < -0.3 is 0 Å². The quantitative estimate of drug-likeness (QED) is 0.748. The summed E-state index contributed by atoms with van der Waals surface area (Å²) in [6.07, 6.45) is 0. The van der Waals surface area contributed by atoms with Gasteiger partial charge in [0.1, 0.15) is 0 Å². The number of aromatic nitrogens is 4. The van der Waals surface area contributed by atoms with Crippen LogP contribution in [-0.2, 0) is 7.05 Å². The van der Waals surface area contributed by atoms with E-state index in [1.165, 1.54) is 10.4 Å². The predicted octanol–water partition coefficient (Wildman–Crippen LogP) is 2.00. The van der Waals surface area contributed by atoms with Crippen LogP contribution in [0.15, 0.2) is 24.3 Å². The van der Waals surface area contributed by atoms with Gasteiger partial charge in [-0.25, -0.2) is 0 Å². The molecule has 4 heteroatoms. The van der Waals surface area contributed by atoms with E-state index in [0.717, 1.165) is 5.56 Å². The lowest BCUT2D eigenvalue weighted by Gasteiger charge is -2.04. The van der Waals surface area contributed by atoms with Crippen LogP contribution in [0.1, 0.15) is 25.3 Å². The molecule has 1 aromatic heterocycles. The van der Waals surface area contributed by atoms with Crippen LogP contribution in [0.4, 0.5) is 0 Å². The standard InChI is InChI=1S/C11H14N4/c1-8(2)9-4-6-10(7-5-9)11-12-14-15(3)13-11/h4-8H,1-3H3. The van der Waals surface area contributed by atoms with Gasteiger partial charge in [0, 0.05) is 5.56 Å². The molecule has 0 N–H and O–H groups in total. The largest absolute Gasteiger partial charge is 0.204 e. The Morgan fingerprint density at radius 2 is 1.80 bits per heavy atom. The Hall–Kier alpha value is -1.71. The topological polar surface area (TPSA) is 43.6 Å². The van der Waals surface area contributed by atoms with Crippen molar-refractivity contribution in [3.8, 4) is 11.4 Å². The second-order valence-corrected chi connectivity index (χ2v) is 3.88. The molecule has 2 rings (SSSR count). The maximum Gasteiger partial charge on any atom is 0.204 e. The first kappa shape index (κ1) is 9.83. The highest BCUT2D eigenvalue weighted by atomic mass is 15.6. The van der Waals surface area contributed by atoms with Gasteiger partial charge in [-0.05, 0) is 16.7 Å². The molecule has 1 aromatic carbocycles. The lowest BCUT2D eigenvalue weighted by atomic mass is 10.0. The second-order valence-electron chi connectivity index (χ2n) is 3.88. The number of aryl methyl sites for hydroxylation is 1. The molecule has 2 aromatic rings. The van der Waals surface area contributed by atoms with Gasteiger partial charge in [-0.1, -0.05) is 38.1 Å². The molecule has 0 aliphatic carbocycles. The molecule has 78 valence electrons. The summed E-state index contributed by atoms with van der Waals surface area (Å²) in [5.74, 6) is 1.22. The first-order chi connectivity index (χ1) is 7.16. The van der Waals surface area contributed by atoms with E-state index >= 15 is 0 Å². The van der Waals surface area contributed by atoms with E-state index in [1.807, 2.05) is 12.1 Å². The summed E-state index contributed by atoms with van der Waals surface area (Å²) in [7, 11) is 1.76. The molecule has 0 saturated heterocycles. The first-order valence-electron chi connectivity index (χ1n) is 5.01. The van der Waals surface area contributed by atoms with Crippen molar-refractivity contribution in [2.24, 2.45) is 7.05 Å². The Balaban J connectivity index is 2.31. The Bertz CT molecular complexity index is 442. The maximum atomic E-state index is 4.15. The van der Waals surface area contributed by atoms with Crippen molar-refractivity contribution >= 4 is 0 Å². The number of hydrogen-bond donors (Lipinski definition) is 0. The molecular weight excluding hydrogens is 188 g/mol. The summed E-state index contributed by atoms with van der Waals surface area (Å²) in [5.41, 5.74) is 2.33. The molecule has 0 bridgehead atoms. The van der Waals surface area contributed by atoms with E-state index in [-0.39, 0.29) is 0 Å². The van der Waals surface area contributed by atoms with E-state index < -0.39 is 0 Å². The minimum Gasteiger partial charge on any atom is -0.167 e. The van der Waals surface area contributed by atoms with Crippen LogP contribution in [0.5, 0.6) is 0 Å². The fraction of sp³-hybridized carbons (Fsp3) is 0.364. The maximum absolute atomic E-state index is 4.15. The van der Waals surface area contributed by atoms with Gasteiger partial charge >= 0.3 is 0 Å². The molecule has 0 aliphatic heterocycles. The smallest absolute Gasteiger partial charge is 0.167 e. The Kier molecular flexibility index (Phi) is 2.49. The summed E-state index contributed by atoms with van der Waals surface area (Å²) in [5, 5.41) is 11.9. The Morgan fingerprint density at radius 1 is 1.13 bits per heavy atom. The van der Waals surface area contributed by atoms with Crippen LogP contribution in [0.25, 0.3) is 11.4 Å². The zero-order chi connectivity index (χ0) is 10.8. The number of hydrogen-bond acceptors (Lipinski definition) is 3. The SMILES string of the molecule is CC(C)c1ccc(-c2nnn(C)n2)cc1. The molecule has 0 atom stereocenters. The highest BCUT2D eigenvalue weighted by molar-refractivity contribution is 5.54. The van der Waals surface area contributed by atoms with Crippen molar-refractivity contribution in [2.45, 2.75) is 19.8 Å². The van der Waals surface area contributed by atoms with Gasteiger partial charge in [-0.15, -0.1) is 10.2 Å². The third kappa shape index (κ3) is 2.03. The lowest BCUT2D eigenvalue weighted by molar-refractivity contribution is 0.630. The normalized spacial score (nSPS) is 10.9. The van der Waals surface area contributed by atoms with Crippen LogP contribution in [0.3, 0.4) is 0 Å². The van der Waals surface area contributed by atoms with Crippen molar-refractivity contribution in [1.29, 1.82) is 0 Å². The number of nitrogens with zero attached hydrogens (tertiary/aromatic N) is 4. The number of benzene rings is 1. The van der Waals surface area contributed by atoms with Crippen molar-refractivity contribution in [1.82, 2.24) is 20.2 Å². The fourth-order valence-corrected chi connectivity index (χ4v) is 1.42. The third-order valence-electron chi connectivity index (χ3n) is 2.34. The van der Waals surface area contributed by atoms with E-state index in [1.54, 1.807) is 7.05 Å². The Labute approximate surface area is 88.9 Å². The van der Waals surface area contributed by atoms with Crippen LogP contribution in [0, 0.1) is 0 Å². The van der Waals surface area contributed by atoms with Crippen LogP contribution in [-0.4, -0.2) is 20.2 Å². The van der Waals surface area contributed by atoms with Crippen LogP contribution < -0.4 is 0 Å². The second kappa shape index (κ2) is 3.81. The Morgan fingerprint density at radius 3 is 2.27 bits per heavy atom. The molecule has 1 heterocycles. The summed E-state index contributed by atoms with van der Waals surface area (Å²) in [6.45, 7) is 4.35. The van der Waals surface area contributed by atoms with Gasteiger partial charge in [0.25, 0.3) is 0 Å². The molecule has 0 unspecified atom stereocenters. The van der Waals surface area contributed by atoms with E-state index in [4.69, 9.17) is 0 Å². The highest BCUT2D eigenvalue weighted by Crippen LogP contribution is 2.19. The van der Waals surface area contributed by atoms with Crippen molar-refractivity contribution in [3.63, 3.8) is 0 Å². The van der Waals surface area contributed by atoms with E-state index in [2.05, 4.69) is 41.4 Å². The average molecular weight is 202 g/mol. The van der Waals surface area contributed by atoms with Crippen LogP contribution >= 0.6 is 0 Å². The van der Waals surface area contributed by atoms with Crippen LogP contribution in [0.2, 0.25) is 0 Å². The van der Waals surface area contributed by atoms with Crippen molar-refractivity contribution in [3.05, 3.63) is 29.8 Å². The number of tetrazole rings is 1. The van der Waals surface area contributed by atoms with E-state index in [0.29, 0.717) is 11.7 Å². The molecular formula is C11H14N4. The minimum atomic E-state index is 0.550. The van der Waals surface area contributed by atoms with Gasteiger partial charge in [0.05, 0.1) is 7.05 Å². The zero-order valence-corrected chi connectivity index (χ0v) is 9.18. The number of rotatable bonds is 2. The molecule has 0 aliphatic rings. The molecule has 4 nitrogen and oxygen atoms in total. The monoisotopic (exact) mass is 202 g/mol. The fourth-order valence-electron chi connectivity index (χ4n) is 1.42. The summed E-state index contributed by atoms with van der Waals surface area (Å²) in [4.78, 5) is 1.46. The zero-order valence-electron chi connectivity index (χ0n) is 9.18. The first-order valence-corrected chi connectivity index (χ1v) is 5.01. The summed E-state index contributed by atoms with van der Waals surface area (Å²) in [6, 6.07) is 8.28. The van der Waals surface area contributed by atoms with E-state index in [9.17, 15) is 0 Å². The molecule has 0 fully saturated rings. The third-order valence-corrected chi connectivity index (χ3v) is 2.34. The molecule has 0 radical (unpaired) electrons. The lowest BCUT2D eigenvalue weighted by Crippen LogP contribution is -1.92. The van der Waals surface area contributed by atoms with Crippen molar-refractivity contribution in [2.75, 3.05) is 0 Å². The predicted molar refractivity (Wildman–Crippen MR) is 58.3 cm³/mol. The summed E-state index contributed by atoms with van der Waals surface area (Å²) >= 11 is 0. The van der Waals surface area contributed by atoms with Crippen molar-refractivity contribution < 1.29 is 0 Å². The molecule has 15 heavy (non-hydrogen) atoms. The average Bonchev–Trinajstić information content (AvgIpc) is 2.65. The molecule has 0 spiro atoms. The highest BCUT2D eigenvalue weighted by Gasteiger charge is 2.04. The molecule has 0 amide bonds. The van der Waals surface area contributed by atoms with Gasteiger partial charge in [-0.3, -0.25) is 0 Å². The van der Waals surface area contributed by atoms with Gasteiger partial charge in [-0.2, -0.15) is 4.80 Å².